The number of methoxy groups -OCH3 is 3. The summed E-state index contributed by atoms with van der Waals surface area (Å²) in [5, 5.41) is 2.92. The third-order valence-corrected chi connectivity index (χ3v) is 3.87. The van der Waals surface area contributed by atoms with Gasteiger partial charge in [-0.05, 0) is 24.1 Å². The molecule has 1 N–H and O–H groups in total. The van der Waals surface area contributed by atoms with E-state index in [1.54, 1.807) is 27.4 Å². The van der Waals surface area contributed by atoms with Gasteiger partial charge in [0.15, 0.2) is 11.5 Å². The normalized spacial score (nSPS) is 10.2. The second-order valence-corrected chi connectivity index (χ2v) is 5.40. The first-order valence-electron chi connectivity index (χ1n) is 7.69. The molecule has 0 atom stereocenters. The zero-order chi connectivity index (χ0) is 17.5. The van der Waals surface area contributed by atoms with E-state index in [9.17, 15) is 4.79 Å². The van der Waals surface area contributed by atoms with E-state index in [-0.39, 0.29) is 5.91 Å². The zero-order valence-electron chi connectivity index (χ0n) is 14.5. The van der Waals surface area contributed by atoms with E-state index in [0.717, 1.165) is 16.7 Å². The number of carbonyl (C=O) groups excluding carboxylic acids is 1. The molecule has 0 aliphatic heterocycles. The van der Waals surface area contributed by atoms with Gasteiger partial charge in [-0.1, -0.05) is 24.3 Å². The first kappa shape index (κ1) is 17.7. The molecule has 0 heterocycles. The van der Waals surface area contributed by atoms with E-state index in [1.165, 1.54) is 0 Å². The van der Waals surface area contributed by atoms with Gasteiger partial charge in [-0.3, -0.25) is 4.79 Å². The monoisotopic (exact) mass is 329 g/mol. The Balaban J connectivity index is 2.08. The van der Waals surface area contributed by atoms with Crippen molar-refractivity contribution in [2.24, 2.45) is 0 Å². The number of amides is 1. The molecule has 0 fully saturated rings. The third-order valence-electron chi connectivity index (χ3n) is 3.87. The average molecular weight is 329 g/mol. The maximum Gasteiger partial charge on any atom is 0.224 e. The van der Waals surface area contributed by atoms with Crippen LogP contribution in [0.15, 0.2) is 36.4 Å². The summed E-state index contributed by atoms with van der Waals surface area (Å²) in [6.45, 7) is 2.36. The van der Waals surface area contributed by atoms with Crippen LogP contribution in [0.25, 0.3) is 0 Å². The average Bonchev–Trinajstić information content (AvgIpc) is 2.61. The summed E-state index contributed by atoms with van der Waals surface area (Å²) < 4.78 is 15.9. The molecule has 128 valence electrons. The van der Waals surface area contributed by atoms with Gasteiger partial charge in [0.2, 0.25) is 5.91 Å². The Bertz CT molecular complexity index is 713. The Kier molecular flexibility index (Phi) is 6.07. The fourth-order valence-corrected chi connectivity index (χ4v) is 2.47. The van der Waals surface area contributed by atoms with Crippen molar-refractivity contribution in [3.63, 3.8) is 0 Å². The van der Waals surface area contributed by atoms with Crippen molar-refractivity contribution in [1.82, 2.24) is 5.32 Å². The van der Waals surface area contributed by atoms with Gasteiger partial charge in [0, 0.05) is 18.2 Å². The molecule has 2 aromatic rings. The van der Waals surface area contributed by atoms with Crippen molar-refractivity contribution in [1.29, 1.82) is 0 Å². The first-order chi connectivity index (χ1) is 11.6. The fourth-order valence-electron chi connectivity index (χ4n) is 2.47. The summed E-state index contributed by atoms with van der Waals surface area (Å²) in [5.41, 5.74) is 2.96. The van der Waals surface area contributed by atoms with E-state index in [2.05, 4.69) is 5.32 Å². The molecule has 5 heteroatoms. The minimum atomic E-state index is -0.0406. The fraction of sp³-hybridized carbons (Fsp3) is 0.316. The molecular formula is C19H23NO4. The predicted molar refractivity (Wildman–Crippen MR) is 92.8 cm³/mol. The van der Waals surface area contributed by atoms with E-state index in [4.69, 9.17) is 14.2 Å². The summed E-state index contributed by atoms with van der Waals surface area (Å²) in [6, 6.07) is 11.4. The quantitative estimate of drug-likeness (QED) is 0.848. The van der Waals surface area contributed by atoms with Gasteiger partial charge in [0.1, 0.15) is 5.75 Å². The SMILES string of the molecule is COc1cc(OC)c(OC)cc1CNC(=O)Cc1ccccc1C. The highest BCUT2D eigenvalue weighted by Crippen LogP contribution is 2.34. The van der Waals surface area contributed by atoms with Crippen LogP contribution >= 0.6 is 0 Å². The summed E-state index contributed by atoms with van der Waals surface area (Å²) in [6.07, 6.45) is 0.349. The Hall–Kier alpha value is -2.69. The highest BCUT2D eigenvalue weighted by atomic mass is 16.5. The van der Waals surface area contributed by atoms with Crippen molar-refractivity contribution in [2.75, 3.05) is 21.3 Å². The number of carbonyl (C=O) groups is 1. The predicted octanol–water partition coefficient (Wildman–Crippen LogP) is 2.88. The third kappa shape index (κ3) is 4.19. The largest absolute Gasteiger partial charge is 0.496 e. The van der Waals surface area contributed by atoms with E-state index in [0.29, 0.717) is 30.2 Å². The van der Waals surface area contributed by atoms with Crippen molar-refractivity contribution >= 4 is 5.91 Å². The van der Waals surface area contributed by atoms with Gasteiger partial charge in [-0.25, -0.2) is 0 Å². The van der Waals surface area contributed by atoms with Gasteiger partial charge in [0.25, 0.3) is 0 Å². The van der Waals surface area contributed by atoms with E-state index < -0.39 is 0 Å². The summed E-state index contributed by atoms with van der Waals surface area (Å²) in [5.74, 6) is 1.79. The van der Waals surface area contributed by atoms with Crippen molar-refractivity contribution in [3.05, 3.63) is 53.1 Å². The minimum Gasteiger partial charge on any atom is -0.496 e. The van der Waals surface area contributed by atoms with Crippen LogP contribution < -0.4 is 19.5 Å². The second-order valence-electron chi connectivity index (χ2n) is 5.40. The Morgan fingerprint density at radius 3 is 2.17 bits per heavy atom. The maximum atomic E-state index is 12.2. The van der Waals surface area contributed by atoms with Crippen LogP contribution in [-0.2, 0) is 17.8 Å². The molecule has 1 amide bonds. The molecule has 0 bridgehead atoms. The molecule has 0 saturated carbocycles. The van der Waals surface area contributed by atoms with Crippen molar-refractivity contribution < 1.29 is 19.0 Å². The number of aryl methyl sites for hydroxylation is 1. The van der Waals surface area contributed by atoms with Gasteiger partial charge in [-0.15, -0.1) is 0 Å². The lowest BCUT2D eigenvalue weighted by Gasteiger charge is -2.14. The topological polar surface area (TPSA) is 56.8 Å². The lowest BCUT2D eigenvalue weighted by Crippen LogP contribution is -2.25. The van der Waals surface area contributed by atoms with E-state index >= 15 is 0 Å². The first-order valence-corrected chi connectivity index (χ1v) is 7.69. The Morgan fingerprint density at radius 1 is 0.917 bits per heavy atom. The molecule has 0 aromatic heterocycles. The molecule has 0 saturated heterocycles. The second kappa shape index (κ2) is 8.24. The Morgan fingerprint density at radius 2 is 1.54 bits per heavy atom. The van der Waals surface area contributed by atoms with Crippen molar-refractivity contribution in [3.8, 4) is 17.2 Å². The van der Waals surface area contributed by atoms with Crippen LogP contribution in [-0.4, -0.2) is 27.2 Å². The summed E-state index contributed by atoms with van der Waals surface area (Å²) in [4.78, 5) is 12.2. The molecular weight excluding hydrogens is 306 g/mol. The summed E-state index contributed by atoms with van der Waals surface area (Å²) in [7, 11) is 4.73. The maximum absolute atomic E-state index is 12.2. The van der Waals surface area contributed by atoms with Crippen LogP contribution in [0.5, 0.6) is 17.2 Å². The molecule has 2 aromatic carbocycles. The summed E-state index contributed by atoms with van der Waals surface area (Å²) >= 11 is 0. The van der Waals surface area contributed by atoms with Gasteiger partial charge in [-0.2, -0.15) is 0 Å². The minimum absolute atomic E-state index is 0.0406. The Labute approximate surface area is 142 Å². The standard InChI is InChI=1S/C19H23NO4/c1-13-7-5-6-8-14(13)10-19(21)20-12-15-9-17(23-3)18(24-4)11-16(15)22-2/h5-9,11H,10,12H2,1-4H3,(H,20,21). The van der Waals surface area contributed by atoms with Crippen LogP contribution in [0, 0.1) is 6.92 Å². The zero-order valence-corrected chi connectivity index (χ0v) is 14.5. The molecule has 0 aliphatic rings. The molecule has 0 radical (unpaired) electrons. The molecule has 5 nitrogen and oxygen atoms in total. The van der Waals surface area contributed by atoms with Crippen LogP contribution in [0.3, 0.4) is 0 Å². The van der Waals surface area contributed by atoms with Gasteiger partial charge < -0.3 is 19.5 Å². The molecule has 2 rings (SSSR count). The van der Waals surface area contributed by atoms with Gasteiger partial charge >= 0.3 is 0 Å². The van der Waals surface area contributed by atoms with Gasteiger partial charge in [0.05, 0.1) is 27.8 Å². The number of hydrogen-bond donors (Lipinski definition) is 1. The molecule has 0 unspecified atom stereocenters. The highest BCUT2D eigenvalue weighted by Gasteiger charge is 2.13. The smallest absolute Gasteiger partial charge is 0.224 e. The van der Waals surface area contributed by atoms with Crippen LogP contribution in [0.4, 0.5) is 0 Å². The number of benzene rings is 2. The van der Waals surface area contributed by atoms with Crippen LogP contribution in [0.2, 0.25) is 0 Å². The van der Waals surface area contributed by atoms with Crippen LogP contribution in [0.1, 0.15) is 16.7 Å². The number of rotatable bonds is 7. The number of ether oxygens (including phenoxy) is 3. The number of nitrogens with one attached hydrogen (secondary N) is 1. The van der Waals surface area contributed by atoms with E-state index in [1.807, 2.05) is 37.3 Å². The lowest BCUT2D eigenvalue weighted by atomic mass is 10.1. The molecule has 0 aliphatic carbocycles. The molecule has 24 heavy (non-hydrogen) atoms. The number of hydrogen-bond acceptors (Lipinski definition) is 4. The lowest BCUT2D eigenvalue weighted by molar-refractivity contribution is -0.120. The highest BCUT2D eigenvalue weighted by molar-refractivity contribution is 5.79. The molecule has 0 spiro atoms. The van der Waals surface area contributed by atoms with Crippen molar-refractivity contribution in [2.45, 2.75) is 19.9 Å².